The van der Waals surface area contributed by atoms with Crippen LogP contribution in [0.15, 0.2) is 78.9 Å². The average molecular weight is 418 g/mol. The number of nitrogens with one attached hydrogen (secondary N) is 1. The van der Waals surface area contributed by atoms with Crippen molar-refractivity contribution < 1.29 is 14.3 Å². The Labute approximate surface area is 185 Å². The molecule has 0 bridgehead atoms. The van der Waals surface area contributed by atoms with E-state index < -0.39 is 0 Å². The van der Waals surface area contributed by atoms with Crippen LogP contribution in [0.25, 0.3) is 0 Å². The number of hydrogen-bond acceptors (Lipinski definition) is 3. The van der Waals surface area contributed by atoms with E-state index in [9.17, 15) is 4.79 Å². The molecule has 0 aliphatic heterocycles. The lowest BCUT2D eigenvalue weighted by Crippen LogP contribution is -2.20. The molecular weight excluding hydrogens is 386 g/mol. The highest BCUT2D eigenvalue weighted by Gasteiger charge is 2.13. The van der Waals surface area contributed by atoms with Crippen molar-refractivity contribution in [3.05, 3.63) is 90.0 Å². The summed E-state index contributed by atoms with van der Waals surface area (Å²) in [4.78, 5) is 12.4. The van der Waals surface area contributed by atoms with Crippen LogP contribution >= 0.6 is 0 Å². The number of hydrogen-bond donors (Lipinski definition) is 1. The lowest BCUT2D eigenvalue weighted by atomic mass is 9.87. The van der Waals surface area contributed by atoms with E-state index in [1.807, 2.05) is 66.7 Å². The first kappa shape index (κ1) is 22.4. The van der Waals surface area contributed by atoms with Crippen LogP contribution in [0.2, 0.25) is 0 Å². The molecule has 3 rings (SSSR count). The molecule has 3 aromatic rings. The molecule has 0 spiro atoms. The highest BCUT2D eigenvalue weighted by molar-refractivity contribution is 5.93. The maximum atomic E-state index is 12.4. The summed E-state index contributed by atoms with van der Waals surface area (Å²) >= 11 is 0. The van der Waals surface area contributed by atoms with Crippen LogP contribution in [-0.2, 0) is 16.6 Å². The first-order valence-corrected chi connectivity index (χ1v) is 10.7. The van der Waals surface area contributed by atoms with Gasteiger partial charge in [0.15, 0.2) is 6.61 Å². The lowest BCUT2D eigenvalue weighted by molar-refractivity contribution is -0.118. The van der Waals surface area contributed by atoms with Gasteiger partial charge in [-0.2, -0.15) is 0 Å². The zero-order valence-electron chi connectivity index (χ0n) is 18.6. The molecule has 1 amide bonds. The summed E-state index contributed by atoms with van der Waals surface area (Å²) < 4.78 is 11.6. The van der Waals surface area contributed by atoms with Crippen molar-refractivity contribution in [2.75, 3.05) is 18.5 Å². The third kappa shape index (κ3) is 7.18. The van der Waals surface area contributed by atoms with Gasteiger partial charge in [0.05, 0.1) is 12.3 Å². The number of carbonyl (C=O) groups excluding carboxylic acids is 1. The molecule has 0 aromatic heterocycles. The monoisotopic (exact) mass is 417 g/mol. The lowest BCUT2D eigenvalue weighted by Gasteiger charge is -2.19. The standard InChI is InChI=1S/C27H31NO3/c1-27(2,3)22-15-17-23(18-16-22)31-20-26(29)28-24-13-7-8-14-25(24)30-19-9-12-21-10-5-4-6-11-21/h4-8,10-11,13-18H,9,12,19-20H2,1-3H3,(H,28,29). The van der Waals surface area contributed by atoms with Crippen LogP contribution in [0.1, 0.15) is 38.3 Å². The zero-order valence-corrected chi connectivity index (χ0v) is 18.6. The highest BCUT2D eigenvalue weighted by atomic mass is 16.5. The van der Waals surface area contributed by atoms with Crippen molar-refractivity contribution in [3.63, 3.8) is 0 Å². The predicted molar refractivity (Wildman–Crippen MR) is 126 cm³/mol. The minimum Gasteiger partial charge on any atom is -0.491 e. The molecule has 0 radical (unpaired) electrons. The van der Waals surface area contributed by atoms with Gasteiger partial charge in [-0.1, -0.05) is 75.4 Å². The normalized spacial score (nSPS) is 11.1. The molecule has 0 aliphatic carbocycles. The van der Waals surface area contributed by atoms with E-state index in [2.05, 4.69) is 38.2 Å². The second kappa shape index (κ2) is 10.7. The van der Waals surface area contributed by atoms with E-state index in [1.165, 1.54) is 11.1 Å². The van der Waals surface area contributed by atoms with Crippen LogP contribution in [0, 0.1) is 0 Å². The molecule has 4 nitrogen and oxygen atoms in total. The van der Waals surface area contributed by atoms with E-state index in [0.717, 1.165) is 12.8 Å². The molecule has 0 fully saturated rings. The van der Waals surface area contributed by atoms with Crippen molar-refractivity contribution in [3.8, 4) is 11.5 Å². The van der Waals surface area contributed by atoms with E-state index in [1.54, 1.807) is 0 Å². The van der Waals surface area contributed by atoms with Gasteiger partial charge >= 0.3 is 0 Å². The minimum absolute atomic E-state index is 0.0583. The van der Waals surface area contributed by atoms with Crippen molar-refractivity contribution in [1.82, 2.24) is 0 Å². The summed E-state index contributed by atoms with van der Waals surface area (Å²) in [6.45, 7) is 7.02. The van der Waals surface area contributed by atoms with Crippen LogP contribution in [0.4, 0.5) is 5.69 Å². The van der Waals surface area contributed by atoms with Gasteiger partial charge in [-0.3, -0.25) is 4.79 Å². The van der Waals surface area contributed by atoms with Gasteiger partial charge in [0.1, 0.15) is 11.5 Å². The van der Waals surface area contributed by atoms with Crippen molar-refractivity contribution in [1.29, 1.82) is 0 Å². The third-order valence-electron chi connectivity index (χ3n) is 4.96. The fourth-order valence-electron chi connectivity index (χ4n) is 3.19. The Hall–Kier alpha value is -3.27. The molecule has 0 aliphatic rings. The second-order valence-electron chi connectivity index (χ2n) is 8.55. The van der Waals surface area contributed by atoms with E-state index in [0.29, 0.717) is 23.8 Å². The van der Waals surface area contributed by atoms with Crippen LogP contribution < -0.4 is 14.8 Å². The van der Waals surface area contributed by atoms with Crippen LogP contribution in [0.3, 0.4) is 0 Å². The van der Waals surface area contributed by atoms with Gasteiger partial charge in [-0.05, 0) is 53.6 Å². The van der Waals surface area contributed by atoms with Crippen molar-refractivity contribution in [2.24, 2.45) is 0 Å². The smallest absolute Gasteiger partial charge is 0.262 e. The molecule has 4 heteroatoms. The molecule has 31 heavy (non-hydrogen) atoms. The number of benzene rings is 3. The number of para-hydroxylation sites is 2. The van der Waals surface area contributed by atoms with E-state index in [-0.39, 0.29) is 17.9 Å². The summed E-state index contributed by atoms with van der Waals surface area (Å²) in [5.41, 5.74) is 3.25. The topological polar surface area (TPSA) is 47.6 Å². The van der Waals surface area contributed by atoms with Gasteiger partial charge in [0, 0.05) is 0 Å². The number of ether oxygens (including phenoxy) is 2. The zero-order chi connectivity index (χ0) is 22.1. The molecule has 0 saturated carbocycles. The predicted octanol–water partition coefficient (Wildman–Crippen LogP) is 6.01. The molecule has 0 unspecified atom stereocenters. The molecule has 162 valence electrons. The fourth-order valence-corrected chi connectivity index (χ4v) is 3.19. The maximum Gasteiger partial charge on any atom is 0.262 e. The minimum atomic E-state index is -0.222. The highest BCUT2D eigenvalue weighted by Crippen LogP contribution is 2.25. The first-order chi connectivity index (χ1) is 14.9. The summed E-state index contributed by atoms with van der Waals surface area (Å²) in [6, 6.07) is 25.7. The Bertz CT molecular complexity index is 960. The Morgan fingerprint density at radius 1 is 0.839 bits per heavy atom. The Morgan fingerprint density at radius 2 is 1.52 bits per heavy atom. The second-order valence-corrected chi connectivity index (χ2v) is 8.55. The van der Waals surface area contributed by atoms with E-state index >= 15 is 0 Å². The number of anilines is 1. The summed E-state index contributed by atoms with van der Waals surface area (Å²) in [6.07, 6.45) is 1.86. The number of amides is 1. The van der Waals surface area contributed by atoms with Gasteiger partial charge in [0.2, 0.25) is 0 Å². The number of rotatable bonds is 9. The molecule has 0 heterocycles. The average Bonchev–Trinajstić information content (AvgIpc) is 2.77. The first-order valence-electron chi connectivity index (χ1n) is 10.7. The number of aryl methyl sites for hydroxylation is 1. The fraction of sp³-hybridized carbons (Fsp3) is 0.296. The largest absolute Gasteiger partial charge is 0.491 e. The Kier molecular flexibility index (Phi) is 7.71. The molecule has 0 saturated heterocycles. The SMILES string of the molecule is CC(C)(C)c1ccc(OCC(=O)Nc2ccccc2OCCCc2ccccc2)cc1. The van der Waals surface area contributed by atoms with Gasteiger partial charge in [0.25, 0.3) is 5.91 Å². The van der Waals surface area contributed by atoms with Crippen LogP contribution in [0.5, 0.6) is 11.5 Å². The molecule has 0 atom stereocenters. The molecular formula is C27H31NO3. The van der Waals surface area contributed by atoms with Gasteiger partial charge < -0.3 is 14.8 Å². The summed E-state index contributed by atoms with van der Waals surface area (Å²) in [5, 5.41) is 2.89. The van der Waals surface area contributed by atoms with Crippen molar-refractivity contribution >= 4 is 11.6 Å². The van der Waals surface area contributed by atoms with E-state index in [4.69, 9.17) is 9.47 Å². The summed E-state index contributed by atoms with van der Waals surface area (Å²) in [7, 11) is 0. The molecule has 1 N–H and O–H groups in total. The Balaban J connectivity index is 1.47. The quantitative estimate of drug-likeness (QED) is 0.434. The van der Waals surface area contributed by atoms with Crippen molar-refractivity contribution in [2.45, 2.75) is 39.0 Å². The van der Waals surface area contributed by atoms with Gasteiger partial charge in [-0.15, -0.1) is 0 Å². The number of carbonyl (C=O) groups is 1. The van der Waals surface area contributed by atoms with Gasteiger partial charge in [-0.25, -0.2) is 0 Å². The maximum absolute atomic E-state index is 12.4. The van der Waals surface area contributed by atoms with Crippen LogP contribution in [-0.4, -0.2) is 19.1 Å². The third-order valence-corrected chi connectivity index (χ3v) is 4.96. The Morgan fingerprint density at radius 3 is 2.23 bits per heavy atom. The molecule has 3 aromatic carbocycles. The summed E-state index contributed by atoms with van der Waals surface area (Å²) in [5.74, 6) is 1.12.